The predicted molar refractivity (Wildman–Crippen MR) is 83.7 cm³/mol. The van der Waals surface area contributed by atoms with Gasteiger partial charge in [-0.2, -0.15) is 0 Å². The first-order chi connectivity index (χ1) is 12.5. The van der Waals surface area contributed by atoms with Gasteiger partial charge < -0.3 is 28.4 Å². The molecule has 0 radical (unpaired) electrons. The number of rotatable bonds is 6. The van der Waals surface area contributed by atoms with E-state index in [1.165, 1.54) is 0 Å². The molecule has 0 amide bonds. The smallest absolute Gasteiger partial charge is 0.305 e. The van der Waals surface area contributed by atoms with E-state index in [1.807, 2.05) is 0 Å². The molecular formula is C16H22O11. The van der Waals surface area contributed by atoms with Crippen molar-refractivity contribution in [1.82, 2.24) is 0 Å². The Balaban J connectivity index is 3.29. The molecule has 0 aromatic carbocycles. The lowest BCUT2D eigenvalue weighted by Gasteiger charge is -2.43. The van der Waals surface area contributed by atoms with Gasteiger partial charge in [0.05, 0.1) is 0 Å². The van der Waals surface area contributed by atoms with Crippen LogP contribution in [0, 0.1) is 0 Å². The molecule has 1 aliphatic heterocycles. The molecule has 1 aliphatic rings. The van der Waals surface area contributed by atoms with E-state index in [9.17, 15) is 24.0 Å². The maximum Gasteiger partial charge on any atom is 0.305 e. The predicted octanol–water partition coefficient (Wildman–Crippen LogP) is -0.367. The molecule has 0 bridgehead atoms. The zero-order valence-corrected chi connectivity index (χ0v) is 15.6. The highest BCUT2D eigenvalue weighted by Gasteiger charge is 2.53. The van der Waals surface area contributed by atoms with Gasteiger partial charge in [0, 0.05) is 34.6 Å². The fraction of sp³-hybridized carbons (Fsp3) is 0.688. The van der Waals surface area contributed by atoms with Gasteiger partial charge in [-0.3, -0.25) is 24.0 Å². The van der Waals surface area contributed by atoms with Crippen LogP contribution in [0.5, 0.6) is 0 Å². The van der Waals surface area contributed by atoms with E-state index in [2.05, 4.69) is 0 Å². The lowest BCUT2D eigenvalue weighted by Crippen LogP contribution is -2.63. The van der Waals surface area contributed by atoms with Crippen LogP contribution in [0.2, 0.25) is 0 Å². The van der Waals surface area contributed by atoms with Gasteiger partial charge in [0.15, 0.2) is 12.2 Å². The maximum atomic E-state index is 11.5. The van der Waals surface area contributed by atoms with Crippen LogP contribution >= 0.6 is 0 Å². The molecule has 5 atom stereocenters. The van der Waals surface area contributed by atoms with Crippen molar-refractivity contribution in [3.63, 3.8) is 0 Å². The van der Waals surface area contributed by atoms with Crippen molar-refractivity contribution in [2.45, 2.75) is 65.3 Å². The van der Waals surface area contributed by atoms with Crippen molar-refractivity contribution in [1.29, 1.82) is 0 Å². The fourth-order valence-electron chi connectivity index (χ4n) is 2.45. The summed E-state index contributed by atoms with van der Waals surface area (Å²) in [5, 5.41) is 0. The van der Waals surface area contributed by atoms with E-state index in [0.29, 0.717) is 0 Å². The molecule has 0 spiro atoms. The second-order valence-corrected chi connectivity index (χ2v) is 5.68. The fourth-order valence-corrected chi connectivity index (χ4v) is 2.45. The van der Waals surface area contributed by atoms with Gasteiger partial charge in [0.2, 0.25) is 12.4 Å². The van der Waals surface area contributed by atoms with E-state index in [1.54, 1.807) is 0 Å². The Morgan fingerprint density at radius 2 is 1.07 bits per heavy atom. The molecule has 27 heavy (non-hydrogen) atoms. The summed E-state index contributed by atoms with van der Waals surface area (Å²) in [5.41, 5.74) is 0. The average molecular weight is 390 g/mol. The Labute approximate surface area is 155 Å². The van der Waals surface area contributed by atoms with Gasteiger partial charge in [-0.15, -0.1) is 0 Å². The van der Waals surface area contributed by atoms with Crippen LogP contribution < -0.4 is 0 Å². The molecule has 1 saturated heterocycles. The molecule has 0 N–H and O–H groups in total. The summed E-state index contributed by atoms with van der Waals surface area (Å²) in [7, 11) is 0. The Morgan fingerprint density at radius 1 is 0.630 bits per heavy atom. The highest BCUT2D eigenvalue weighted by Crippen LogP contribution is 2.29. The third-order valence-electron chi connectivity index (χ3n) is 3.23. The van der Waals surface area contributed by atoms with Crippen molar-refractivity contribution >= 4 is 29.8 Å². The molecule has 1 heterocycles. The summed E-state index contributed by atoms with van der Waals surface area (Å²) in [6.07, 6.45) is -6.70. The van der Waals surface area contributed by atoms with E-state index >= 15 is 0 Å². The summed E-state index contributed by atoms with van der Waals surface area (Å²) in [5.74, 6) is -3.71. The van der Waals surface area contributed by atoms with Gasteiger partial charge in [-0.25, -0.2) is 0 Å². The minimum atomic E-state index is -1.48. The molecular weight excluding hydrogens is 368 g/mol. The van der Waals surface area contributed by atoms with Gasteiger partial charge in [-0.1, -0.05) is 0 Å². The molecule has 0 aliphatic carbocycles. The first-order valence-electron chi connectivity index (χ1n) is 7.99. The third kappa shape index (κ3) is 7.21. The van der Waals surface area contributed by atoms with Gasteiger partial charge in [0.25, 0.3) is 0 Å². The Bertz CT molecular complexity index is 599. The molecule has 4 unspecified atom stereocenters. The van der Waals surface area contributed by atoms with Crippen LogP contribution in [0.25, 0.3) is 0 Å². The Hall–Kier alpha value is -2.69. The maximum absolute atomic E-state index is 11.5. The van der Waals surface area contributed by atoms with Crippen molar-refractivity contribution in [2.24, 2.45) is 0 Å². The van der Waals surface area contributed by atoms with Crippen LogP contribution in [0.3, 0.4) is 0 Å². The first kappa shape index (κ1) is 22.4. The molecule has 0 aromatic heterocycles. The van der Waals surface area contributed by atoms with E-state index in [4.69, 9.17) is 28.4 Å². The molecule has 1 fully saturated rings. The van der Waals surface area contributed by atoms with Gasteiger partial charge >= 0.3 is 29.8 Å². The van der Waals surface area contributed by atoms with Crippen molar-refractivity contribution in [2.75, 3.05) is 6.61 Å². The minimum absolute atomic E-state index is 0.393. The van der Waals surface area contributed by atoms with Crippen molar-refractivity contribution < 1.29 is 52.4 Å². The summed E-state index contributed by atoms with van der Waals surface area (Å²) in [4.78, 5) is 57.0. The quantitative estimate of drug-likeness (QED) is 0.433. The molecule has 11 heteroatoms. The van der Waals surface area contributed by atoms with Gasteiger partial charge in [0.1, 0.15) is 12.7 Å². The summed E-state index contributed by atoms with van der Waals surface area (Å²) in [6, 6.07) is 0. The third-order valence-corrected chi connectivity index (χ3v) is 3.23. The number of esters is 5. The highest BCUT2D eigenvalue weighted by atomic mass is 16.7. The van der Waals surface area contributed by atoms with Crippen LogP contribution in [-0.2, 0) is 52.4 Å². The SMILES string of the molecule is CC(=O)OCC1O[C@H](OC(C)=O)C(OC(C)=O)C(OC(C)=O)C1OC(C)=O. The Kier molecular flexibility index (Phi) is 8.16. The molecule has 152 valence electrons. The summed E-state index contributed by atoms with van der Waals surface area (Å²) in [6.45, 7) is 5.13. The standard InChI is InChI=1S/C16H22O11/c1-7(17)22-6-12-13(23-8(2)18)14(24-9(3)19)15(25-10(4)20)16(27-12)26-11(5)21/h12-16H,6H2,1-5H3/t12?,13?,14?,15?,16-/m0/s1. The van der Waals surface area contributed by atoms with E-state index < -0.39 is 67.2 Å². The average Bonchev–Trinajstić information content (AvgIpc) is 2.49. The first-order valence-corrected chi connectivity index (χ1v) is 7.99. The number of hydrogen-bond acceptors (Lipinski definition) is 11. The number of hydrogen-bond donors (Lipinski definition) is 0. The number of ether oxygens (including phenoxy) is 6. The zero-order valence-electron chi connectivity index (χ0n) is 15.6. The highest BCUT2D eigenvalue weighted by molar-refractivity contribution is 5.69. The van der Waals surface area contributed by atoms with Crippen molar-refractivity contribution in [3.05, 3.63) is 0 Å². The van der Waals surface area contributed by atoms with E-state index in [-0.39, 0.29) is 0 Å². The molecule has 1 rings (SSSR count). The Morgan fingerprint density at radius 3 is 1.52 bits per heavy atom. The second-order valence-electron chi connectivity index (χ2n) is 5.68. The largest absolute Gasteiger partial charge is 0.463 e. The molecule has 11 nitrogen and oxygen atoms in total. The molecule has 0 saturated carbocycles. The van der Waals surface area contributed by atoms with Crippen molar-refractivity contribution in [3.8, 4) is 0 Å². The van der Waals surface area contributed by atoms with Crippen LogP contribution in [-0.4, -0.2) is 67.2 Å². The van der Waals surface area contributed by atoms with Gasteiger partial charge in [-0.05, 0) is 0 Å². The summed E-state index contributed by atoms with van der Waals surface area (Å²) < 4.78 is 30.8. The number of carbonyl (C=O) groups excluding carboxylic acids is 5. The van der Waals surface area contributed by atoms with Crippen LogP contribution in [0.15, 0.2) is 0 Å². The number of carbonyl (C=O) groups is 5. The summed E-state index contributed by atoms with van der Waals surface area (Å²) >= 11 is 0. The monoisotopic (exact) mass is 390 g/mol. The zero-order chi connectivity index (χ0) is 20.7. The topological polar surface area (TPSA) is 141 Å². The van der Waals surface area contributed by atoms with Crippen LogP contribution in [0.1, 0.15) is 34.6 Å². The molecule has 0 aromatic rings. The normalized spacial score (nSPS) is 27.1. The lowest BCUT2D eigenvalue weighted by atomic mass is 9.98. The van der Waals surface area contributed by atoms with E-state index in [0.717, 1.165) is 34.6 Å². The minimum Gasteiger partial charge on any atom is -0.463 e. The van der Waals surface area contributed by atoms with Crippen LogP contribution in [0.4, 0.5) is 0 Å². The second kappa shape index (κ2) is 9.86. The lowest BCUT2D eigenvalue weighted by molar-refractivity contribution is -0.300.